The molecule has 2 heterocycles. The van der Waals surface area contributed by atoms with E-state index >= 15 is 0 Å². The highest BCUT2D eigenvalue weighted by atomic mass is 16.5. The lowest BCUT2D eigenvalue weighted by Gasteiger charge is -2.30. The second-order valence-electron chi connectivity index (χ2n) is 5.69. The van der Waals surface area contributed by atoms with Crippen molar-refractivity contribution in [2.45, 2.75) is 18.8 Å². The minimum atomic E-state index is -1.04. The van der Waals surface area contributed by atoms with Crippen molar-refractivity contribution < 1.29 is 14.6 Å². The largest absolute Gasteiger partial charge is 0.477 e. The van der Waals surface area contributed by atoms with Crippen LogP contribution in [0.2, 0.25) is 0 Å². The van der Waals surface area contributed by atoms with E-state index in [1.54, 1.807) is 6.07 Å². The summed E-state index contributed by atoms with van der Waals surface area (Å²) < 4.78 is 5.52. The predicted octanol–water partition coefficient (Wildman–Crippen LogP) is 3.19. The number of aromatic carboxylic acids is 1. The van der Waals surface area contributed by atoms with Gasteiger partial charge in [0.25, 0.3) is 0 Å². The van der Waals surface area contributed by atoms with Crippen LogP contribution in [0.4, 0.5) is 11.4 Å². The highest BCUT2D eigenvalue weighted by molar-refractivity contribution is 5.86. The van der Waals surface area contributed by atoms with Gasteiger partial charge >= 0.3 is 5.97 Å². The van der Waals surface area contributed by atoms with Crippen LogP contribution < -0.4 is 9.64 Å². The Morgan fingerprint density at radius 2 is 1.95 bits per heavy atom. The van der Waals surface area contributed by atoms with Gasteiger partial charge in [0.2, 0.25) is 5.88 Å². The number of ether oxygens (including phenoxy) is 1. The third kappa shape index (κ3) is 2.28. The predicted molar refractivity (Wildman–Crippen MR) is 82.1 cm³/mol. The molecule has 0 spiro atoms. The van der Waals surface area contributed by atoms with E-state index in [4.69, 9.17) is 9.84 Å². The summed E-state index contributed by atoms with van der Waals surface area (Å²) in [4.78, 5) is 17.2. The smallest absolute Gasteiger partial charge is 0.354 e. The number of carboxylic acid groups (broad SMARTS) is 1. The van der Waals surface area contributed by atoms with E-state index in [1.165, 1.54) is 24.5 Å². The van der Waals surface area contributed by atoms with E-state index in [9.17, 15) is 4.79 Å². The Morgan fingerprint density at radius 1 is 1.18 bits per heavy atom. The van der Waals surface area contributed by atoms with Crippen LogP contribution in [0.5, 0.6) is 5.88 Å². The first-order valence-electron chi connectivity index (χ1n) is 7.47. The molecule has 22 heavy (non-hydrogen) atoms. The first-order valence-corrected chi connectivity index (χ1v) is 7.47. The van der Waals surface area contributed by atoms with Crippen LogP contribution >= 0.6 is 0 Å². The van der Waals surface area contributed by atoms with E-state index in [1.807, 2.05) is 0 Å². The molecule has 4 rings (SSSR count). The Morgan fingerprint density at radius 3 is 2.64 bits per heavy atom. The third-order valence-corrected chi connectivity index (χ3v) is 4.16. The number of nitrogens with zero attached hydrogens (tertiary/aromatic N) is 2. The second kappa shape index (κ2) is 5.02. The number of aromatic nitrogens is 1. The normalized spacial score (nSPS) is 16.8. The van der Waals surface area contributed by atoms with Gasteiger partial charge in [-0.05, 0) is 48.6 Å². The van der Waals surface area contributed by atoms with Crippen LogP contribution in [0.1, 0.15) is 34.8 Å². The van der Waals surface area contributed by atoms with E-state index in [0.717, 1.165) is 23.8 Å². The molecule has 1 aliphatic carbocycles. The fraction of sp³-hybridized carbons (Fsp3) is 0.294. The van der Waals surface area contributed by atoms with Crippen molar-refractivity contribution in [1.29, 1.82) is 0 Å². The molecular formula is C17H16N2O3. The highest BCUT2D eigenvalue weighted by Crippen LogP contribution is 2.41. The van der Waals surface area contributed by atoms with Crippen molar-refractivity contribution >= 4 is 17.3 Å². The number of rotatable bonds is 3. The molecule has 0 unspecified atom stereocenters. The van der Waals surface area contributed by atoms with E-state index in [0.29, 0.717) is 12.5 Å². The SMILES string of the molecule is O=C(O)c1ccc2c(n1)OCCN2c1ccc(C2CC2)cc1. The van der Waals surface area contributed by atoms with E-state index in [2.05, 4.69) is 34.1 Å². The molecule has 1 N–H and O–H groups in total. The van der Waals surface area contributed by atoms with Gasteiger partial charge in [0, 0.05) is 5.69 Å². The molecule has 1 aromatic carbocycles. The monoisotopic (exact) mass is 296 g/mol. The first kappa shape index (κ1) is 13.1. The van der Waals surface area contributed by atoms with Gasteiger partial charge in [-0.2, -0.15) is 0 Å². The number of anilines is 2. The molecule has 0 amide bonds. The Kier molecular flexibility index (Phi) is 2.99. The molecule has 0 bridgehead atoms. The number of benzene rings is 1. The average Bonchev–Trinajstić information content (AvgIpc) is 3.39. The van der Waals surface area contributed by atoms with Gasteiger partial charge < -0.3 is 14.7 Å². The van der Waals surface area contributed by atoms with Crippen molar-refractivity contribution in [3.05, 3.63) is 47.7 Å². The second-order valence-corrected chi connectivity index (χ2v) is 5.69. The first-order chi connectivity index (χ1) is 10.7. The summed E-state index contributed by atoms with van der Waals surface area (Å²) >= 11 is 0. The van der Waals surface area contributed by atoms with E-state index < -0.39 is 5.97 Å². The molecule has 5 nitrogen and oxygen atoms in total. The highest BCUT2D eigenvalue weighted by Gasteiger charge is 2.25. The summed E-state index contributed by atoms with van der Waals surface area (Å²) in [5, 5.41) is 9.03. The lowest BCUT2D eigenvalue weighted by atomic mass is 10.1. The molecule has 5 heteroatoms. The van der Waals surface area contributed by atoms with Crippen molar-refractivity contribution in [3.63, 3.8) is 0 Å². The Bertz CT molecular complexity index is 723. The Labute approximate surface area is 128 Å². The molecule has 1 saturated carbocycles. The topological polar surface area (TPSA) is 62.7 Å². The summed E-state index contributed by atoms with van der Waals surface area (Å²) in [6, 6.07) is 11.9. The van der Waals surface area contributed by atoms with Gasteiger partial charge in [0.1, 0.15) is 12.3 Å². The molecule has 0 atom stereocenters. The van der Waals surface area contributed by atoms with Gasteiger partial charge in [-0.1, -0.05) is 12.1 Å². The minimum absolute atomic E-state index is 0.00433. The zero-order valence-corrected chi connectivity index (χ0v) is 12.0. The van der Waals surface area contributed by atoms with Crippen LogP contribution in [-0.4, -0.2) is 29.2 Å². The zero-order chi connectivity index (χ0) is 15.1. The van der Waals surface area contributed by atoms with Crippen LogP contribution in [0, 0.1) is 0 Å². The van der Waals surface area contributed by atoms with Gasteiger partial charge in [0.05, 0.1) is 6.54 Å². The fourth-order valence-electron chi connectivity index (χ4n) is 2.83. The van der Waals surface area contributed by atoms with Crippen LogP contribution in [0.25, 0.3) is 0 Å². The maximum atomic E-state index is 11.0. The minimum Gasteiger partial charge on any atom is -0.477 e. The number of hydrogen-bond donors (Lipinski definition) is 1. The molecule has 112 valence electrons. The number of fused-ring (bicyclic) bond motifs is 1. The molecule has 1 aromatic heterocycles. The molecular weight excluding hydrogens is 280 g/mol. The molecule has 0 radical (unpaired) electrons. The number of hydrogen-bond acceptors (Lipinski definition) is 4. The molecule has 0 saturated heterocycles. The molecule has 1 fully saturated rings. The average molecular weight is 296 g/mol. The van der Waals surface area contributed by atoms with Crippen LogP contribution in [0.3, 0.4) is 0 Å². The molecule has 2 aliphatic rings. The summed E-state index contributed by atoms with van der Waals surface area (Å²) in [7, 11) is 0. The maximum absolute atomic E-state index is 11.0. The van der Waals surface area contributed by atoms with Crippen LogP contribution in [0.15, 0.2) is 36.4 Å². The van der Waals surface area contributed by atoms with Gasteiger partial charge in [-0.15, -0.1) is 0 Å². The van der Waals surface area contributed by atoms with Crippen molar-refractivity contribution in [1.82, 2.24) is 4.98 Å². The van der Waals surface area contributed by atoms with Gasteiger partial charge in [0.15, 0.2) is 5.69 Å². The Hall–Kier alpha value is -2.56. The van der Waals surface area contributed by atoms with Gasteiger partial charge in [-0.3, -0.25) is 0 Å². The quantitative estimate of drug-likeness (QED) is 0.942. The standard InChI is InChI=1S/C17H16N2O3/c20-17(21)14-7-8-15-16(18-14)22-10-9-19(15)13-5-3-12(4-6-13)11-1-2-11/h3-8,11H,1-2,9-10H2,(H,20,21). The third-order valence-electron chi connectivity index (χ3n) is 4.16. The van der Waals surface area contributed by atoms with Crippen molar-refractivity contribution in [2.75, 3.05) is 18.1 Å². The number of carboxylic acids is 1. The summed E-state index contributed by atoms with van der Waals surface area (Å²) in [6.45, 7) is 1.22. The molecule has 2 aromatic rings. The van der Waals surface area contributed by atoms with E-state index in [-0.39, 0.29) is 5.69 Å². The fourth-order valence-corrected chi connectivity index (χ4v) is 2.83. The summed E-state index contributed by atoms with van der Waals surface area (Å²) in [5.74, 6) is 0.0838. The van der Waals surface area contributed by atoms with Gasteiger partial charge in [-0.25, -0.2) is 9.78 Å². The van der Waals surface area contributed by atoms with Crippen molar-refractivity contribution in [2.24, 2.45) is 0 Å². The maximum Gasteiger partial charge on any atom is 0.354 e. The number of carbonyl (C=O) groups is 1. The summed E-state index contributed by atoms with van der Waals surface area (Å²) in [5.41, 5.74) is 3.30. The lowest BCUT2D eigenvalue weighted by molar-refractivity contribution is 0.0689. The van der Waals surface area contributed by atoms with Crippen molar-refractivity contribution in [3.8, 4) is 5.88 Å². The summed E-state index contributed by atoms with van der Waals surface area (Å²) in [6.07, 6.45) is 2.59. The Balaban J connectivity index is 1.67. The van der Waals surface area contributed by atoms with Crippen LogP contribution in [-0.2, 0) is 0 Å². The number of pyridine rings is 1. The zero-order valence-electron chi connectivity index (χ0n) is 12.0. The lowest BCUT2D eigenvalue weighted by Crippen LogP contribution is -2.29. The molecule has 1 aliphatic heterocycles.